The van der Waals surface area contributed by atoms with Gasteiger partial charge in [-0.25, -0.2) is 4.39 Å². The summed E-state index contributed by atoms with van der Waals surface area (Å²) in [6, 6.07) is 8.65. The SMILES string of the molecule is Nc1ccc(Cl)cc1NC(=O)c1cccc(F)c1Cl. The van der Waals surface area contributed by atoms with E-state index in [9.17, 15) is 9.18 Å². The number of nitrogen functional groups attached to an aromatic ring is 1. The highest BCUT2D eigenvalue weighted by atomic mass is 35.5. The minimum Gasteiger partial charge on any atom is -0.397 e. The average Bonchev–Trinajstić information content (AvgIpc) is 2.37. The van der Waals surface area contributed by atoms with Crippen LogP contribution in [0.5, 0.6) is 0 Å². The van der Waals surface area contributed by atoms with Crippen molar-refractivity contribution < 1.29 is 9.18 Å². The summed E-state index contributed by atoms with van der Waals surface area (Å²) in [5, 5.41) is 2.73. The first kappa shape index (κ1) is 13.6. The van der Waals surface area contributed by atoms with Crippen LogP contribution in [0.15, 0.2) is 36.4 Å². The van der Waals surface area contributed by atoms with Crippen molar-refractivity contribution in [1.82, 2.24) is 0 Å². The van der Waals surface area contributed by atoms with Crippen LogP contribution in [0.2, 0.25) is 10.0 Å². The number of amides is 1. The zero-order valence-corrected chi connectivity index (χ0v) is 11.1. The molecule has 0 aliphatic rings. The monoisotopic (exact) mass is 298 g/mol. The lowest BCUT2D eigenvalue weighted by Gasteiger charge is -2.09. The van der Waals surface area contributed by atoms with Crippen LogP contribution in [0.3, 0.4) is 0 Å². The number of rotatable bonds is 2. The molecule has 0 saturated carbocycles. The summed E-state index contributed by atoms with van der Waals surface area (Å²) in [6.07, 6.45) is 0. The Morgan fingerprint density at radius 1 is 1.21 bits per heavy atom. The molecule has 0 aliphatic carbocycles. The molecular formula is C13H9Cl2FN2O. The lowest BCUT2D eigenvalue weighted by Crippen LogP contribution is -2.14. The Balaban J connectivity index is 2.31. The van der Waals surface area contributed by atoms with Gasteiger partial charge in [-0.2, -0.15) is 0 Å². The summed E-state index contributed by atoms with van der Waals surface area (Å²) in [5.41, 5.74) is 6.43. The standard InChI is InChI=1S/C13H9Cl2FN2O/c14-7-4-5-10(17)11(6-7)18-13(19)8-2-1-3-9(16)12(8)15/h1-6H,17H2,(H,18,19). The maximum absolute atomic E-state index is 13.3. The van der Waals surface area contributed by atoms with Crippen LogP contribution >= 0.6 is 23.2 Å². The first-order valence-electron chi connectivity index (χ1n) is 5.29. The largest absolute Gasteiger partial charge is 0.397 e. The molecule has 3 N–H and O–H groups in total. The third-order valence-electron chi connectivity index (χ3n) is 2.46. The molecule has 3 nitrogen and oxygen atoms in total. The minimum absolute atomic E-state index is 0.0287. The van der Waals surface area contributed by atoms with Crippen LogP contribution in [-0.4, -0.2) is 5.91 Å². The molecular weight excluding hydrogens is 290 g/mol. The van der Waals surface area contributed by atoms with Crippen LogP contribution in [0.4, 0.5) is 15.8 Å². The fourth-order valence-electron chi connectivity index (χ4n) is 1.51. The van der Waals surface area contributed by atoms with E-state index < -0.39 is 11.7 Å². The molecule has 0 heterocycles. The van der Waals surface area contributed by atoms with E-state index in [1.165, 1.54) is 24.3 Å². The number of anilines is 2. The molecule has 0 bridgehead atoms. The Hall–Kier alpha value is -1.78. The van der Waals surface area contributed by atoms with Gasteiger partial charge in [-0.3, -0.25) is 4.79 Å². The highest BCUT2D eigenvalue weighted by Gasteiger charge is 2.14. The van der Waals surface area contributed by atoms with Crippen molar-refractivity contribution in [3.8, 4) is 0 Å². The normalized spacial score (nSPS) is 10.3. The van der Waals surface area contributed by atoms with E-state index in [4.69, 9.17) is 28.9 Å². The lowest BCUT2D eigenvalue weighted by molar-refractivity contribution is 0.102. The van der Waals surface area contributed by atoms with Gasteiger partial charge in [-0.1, -0.05) is 29.3 Å². The van der Waals surface area contributed by atoms with E-state index in [2.05, 4.69) is 5.32 Å². The van der Waals surface area contributed by atoms with Gasteiger partial charge >= 0.3 is 0 Å². The Labute approximate surface area is 119 Å². The second kappa shape index (κ2) is 5.47. The molecule has 2 rings (SSSR count). The van der Waals surface area contributed by atoms with Crippen molar-refractivity contribution in [2.75, 3.05) is 11.1 Å². The van der Waals surface area contributed by atoms with E-state index in [0.29, 0.717) is 16.4 Å². The molecule has 98 valence electrons. The second-order valence-corrected chi connectivity index (χ2v) is 4.60. The number of nitrogens with one attached hydrogen (secondary N) is 1. The number of hydrogen-bond acceptors (Lipinski definition) is 2. The third-order valence-corrected chi connectivity index (χ3v) is 3.08. The fraction of sp³-hybridized carbons (Fsp3) is 0. The van der Waals surface area contributed by atoms with E-state index in [-0.39, 0.29) is 10.6 Å². The van der Waals surface area contributed by atoms with Crippen molar-refractivity contribution in [1.29, 1.82) is 0 Å². The fourth-order valence-corrected chi connectivity index (χ4v) is 1.89. The molecule has 0 aliphatic heterocycles. The van der Waals surface area contributed by atoms with Gasteiger partial charge in [0.1, 0.15) is 5.82 Å². The molecule has 0 aromatic heterocycles. The van der Waals surface area contributed by atoms with Gasteiger partial charge in [-0.05, 0) is 30.3 Å². The predicted molar refractivity (Wildman–Crippen MR) is 75.2 cm³/mol. The molecule has 0 fully saturated rings. The predicted octanol–water partition coefficient (Wildman–Crippen LogP) is 3.97. The van der Waals surface area contributed by atoms with Crippen LogP contribution in [0.1, 0.15) is 10.4 Å². The first-order valence-corrected chi connectivity index (χ1v) is 6.05. The number of halogens is 3. The number of carbonyl (C=O) groups is 1. The molecule has 0 saturated heterocycles. The van der Waals surface area contributed by atoms with Gasteiger partial charge in [0.25, 0.3) is 5.91 Å². The summed E-state index contributed by atoms with van der Waals surface area (Å²) < 4.78 is 13.3. The Kier molecular flexibility index (Phi) is 3.93. The van der Waals surface area contributed by atoms with E-state index >= 15 is 0 Å². The third kappa shape index (κ3) is 2.97. The molecule has 0 radical (unpaired) electrons. The Morgan fingerprint density at radius 3 is 2.68 bits per heavy atom. The molecule has 0 spiro atoms. The van der Waals surface area contributed by atoms with Crippen LogP contribution in [-0.2, 0) is 0 Å². The highest BCUT2D eigenvalue weighted by molar-refractivity contribution is 6.34. The smallest absolute Gasteiger partial charge is 0.257 e. The van der Waals surface area contributed by atoms with Gasteiger partial charge in [0.15, 0.2) is 0 Å². The first-order chi connectivity index (χ1) is 8.99. The lowest BCUT2D eigenvalue weighted by atomic mass is 10.2. The number of nitrogens with two attached hydrogens (primary N) is 1. The van der Waals surface area contributed by atoms with Gasteiger partial charge in [0.05, 0.1) is 22.0 Å². The number of hydrogen-bond donors (Lipinski definition) is 2. The van der Waals surface area contributed by atoms with E-state index in [1.807, 2.05) is 0 Å². The van der Waals surface area contributed by atoms with Crippen LogP contribution in [0, 0.1) is 5.82 Å². The molecule has 6 heteroatoms. The van der Waals surface area contributed by atoms with Gasteiger partial charge in [-0.15, -0.1) is 0 Å². The number of carbonyl (C=O) groups excluding carboxylic acids is 1. The van der Waals surface area contributed by atoms with Crippen molar-refractivity contribution in [3.63, 3.8) is 0 Å². The quantitative estimate of drug-likeness (QED) is 0.824. The number of benzene rings is 2. The zero-order valence-electron chi connectivity index (χ0n) is 9.58. The van der Waals surface area contributed by atoms with E-state index in [1.54, 1.807) is 12.1 Å². The summed E-state index contributed by atoms with van der Waals surface area (Å²) in [4.78, 5) is 12.0. The minimum atomic E-state index is -0.659. The van der Waals surface area contributed by atoms with Gasteiger partial charge in [0.2, 0.25) is 0 Å². The average molecular weight is 299 g/mol. The maximum atomic E-state index is 13.3. The molecule has 19 heavy (non-hydrogen) atoms. The molecule has 1 amide bonds. The van der Waals surface area contributed by atoms with E-state index in [0.717, 1.165) is 0 Å². The summed E-state index contributed by atoms with van der Waals surface area (Å²) in [6.45, 7) is 0. The maximum Gasteiger partial charge on any atom is 0.257 e. The Morgan fingerprint density at radius 2 is 1.95 bits per heavy atom. The molecule has 0 unspecified atom stereocenters. The van der Waals surface area contributed by atoms with Gasteiger partial charge in [0, 0.05) is 5.02 Å². The Bertz CT molecular complexity index is 647. The van der Waals surface area contributed by atoms with Crippen LogP contribution in [0.25, 0.3) is 0 Å². The zero-order chi connectivity index (χ0) is 14.0. The summed E-state index contributed by atoms with van der Waals surface area (Å²) >= 11 is 11.5. The molecule has 2 aromatic carbocycles. The van der Waals surface area contributed by atoms with Crippen molar-refractivity contribution in [3.05, 3.63) is 57.8 Å². The van der Waals surface area contributed by atoms with Gasteiger partial charge < -0.3 is 11.1 Å². The summed E-state index contributed by atoms with van der Waals surface area (Å²) in [5.74, 6) is -1.22. The van der Waals surface area contributed by atoms with Crippen molar-refractivity contribution in [2.24, 2.45) is 0 Å². The van der Waals surface area contributed by atoms with Crippen molar-refractivity contribution >= 4 is 40.5 Å². The molecule has 0 atom stereocenters. The topological polar surface area (TPSA) is 55.1 Å². The molecule has 2 aromatic rings. The van der Waals surface area contributed by atoms with Crippen LogP contribution < -0.4 is 11.1 Å². The highest BCUT2D eigenvalue weighted by Crippen LogP contribution is 2.25. The second-order valence-electron chi connectivity index (χ2n) is 3.79. The van der Waals surface area contributed by atoms with Crippen molar-refractivity contribution in [2.45, 2.75) is 0 Å². The summed E-state index contributed by atoms with van der Waals surface area (Å²) in [7, 11) is 0.